The molecule has 2 N–H and O–H groups in total. The fraction of sp³-hybridized carbons (Fsp3) is 0.562. The Labute approximate surface area is 116 Å². The third kappa shape index (κ3) is 4.35. The fourth-order valence-electron chi connectivity index (χ4n) is 2.26. The van der Waals surface area contributed by atoms with E-state index in [4.69, 9.17) is 5.73 Å². The molecule has 0 aliphatic heterocycles. The fourth-order valence-corrected chi connectivity index (χ4v) is 2.26. The van der Waals surface area contributed by atoms with Crippen LogP contribution in [0.3, 0.4) is 0 Å². The first-order valence-electron chi connectivity index (χ1n) is 6.88. The summed E-state index contributed by atoms with van der Waals surface area (Å²) in [5.41, 5.74) is 7.79. The quantitative estimate of drug-likeness (QED) is 0.855. The zero-order valence-corrected chi connectivity index (χ0v) is 12.6. The van der Waals surface area contributed by atoms with Gasteiger partial charge in [0.15, 0.2) is 0 Å². The summed E-state index contributed by atoms with van der Waals surface area (Å²) >= 11 is 0. The Morgan fingerprint density at radius 1 is 1.32 bits per heavy atom. The molecule has 0 heterocycles. The van der Waals surface area contributed by atoms with Gasteiger partial charge in [-0.3, -0.25) is 4.79 Å². The molecule has 3 nitrogen and oxygen atoms in total. The van der Waals surface area contributed by atoms with Gasteiger partial charge in [-0.2, -0.15) is 0 Å². The molecule has 0 atom stereocenters. The van der Waals surface area contributed by atoms with Gasteiger partial charge in [-0.15, -0.1) is 0 Å². The molecule has 0 unspecified atom stereocenters. The second-order valence-corrected chi connectivity index (χ2v) is 5.83. The lowest BCUT2D eigenvalue weighted by Gasteiger charge is -2.29. The van der Waals surface area contributed by atoms with Crippen LogP contribution in [0.1, 0.15) is 31.4 Å². The maximum Gasteiger partial charge on any atom is 0.228 e. The molecular weight excluding hydrogens is 236 g/mol. The van der Waals surface area contributed by atoms with E-state index < -0.39 is 0 Å². The zero-order valence-electron chi connectivity index (χ0n) is 12.6. The van der Waals surface area contributed by atoms with Crippen LogP contribution < -0.4 is 5.73 Å². The average Bonchev–Trinajstić information content (AvgIpc) is 2.36. The van der Waals surface area contributed by atoms with E-state index in [2.05, 4.69) is 19.1 Å². The van der Waals surface area contributed by atoms with Gasteiger partial charge < -0.3 is 10.6 Å². The van der Waals surface area contributed by atoms with Crippen molar-refractivity contribution in [2.45, 2.75) is 33.6 Å². The topological polar surface area (TPSA) is 46.3 Å². The number of likely N-dealkylation sites (N-methyl/N-ethyl adjacent to an activating group) is 1. The molecule has 1 aromatic carbocycles. The van der Waals surface area contributed by atoms with Crippen molar-refractivity contribution in [3.8, 4) is 0 Å². The average molecular weight is 262 g/mol. The van der Waals surface area contributed by atoms with Crippen molar-refractivity contribution in [1.29, 1.82) is 0 Å². The van der Waals surface area contributed by atoms with Crippen molar-refractivity contribution in [3.63, 3.8) is 0 Å². The molecule has 19 heavy (non-hydrogen) atoms. The summed E-state index contributed by atoms with van der Waals surface area (Å²) < 4.78 is 0. The monoisotopic (exact) mass is 262 g/mol. The maximum atomic E-state index is 12.3. The first kappa shape index (κ1) is 15.7. The number of nitrogens with zero attached hydrogens (tertiary/aromatic N) is 1. The van der Waals surface area contributed by atoms with E-state index in [-0.39, 0.29) is 11.3 Å². The van der Waals surface area contributed by atoms with E-state index in [1.807, 2.05) is 37.9 Å². The molecule has 0 aliphatic carbocycles. The van der Waals surface area contributed by atoms with E-state index in [9.17, 15) is 4.79 Å². The third-order valence-corrected chi connectivity index (χ3v) is 3.67. The largest absolute Gasteiger partial charge is 0.345 e. The Hall–Kier alpha value is -1.35. The minimum atomic E-state index is -0.366. The second kappa shape index (κ2) is 6.71. The molecule has 0 spiro atoms. The van der Waals surface area contributed by atoms with Gasteiger partial charge in [0.1, 0.15) is 0 Å². The minimum Gasteiger partial charge on any atom is -0.345 e. The van der Waals surface area contributed by atoms with Gasteiger partial charge in [0, 0.05) is 19.0 Å². The summed E-state index contributed by atoms with van der Waals surface area (Å²) in [4.78, 5) is 14.2. The Morgan fingerprint density at radius 3 is 2.53 bits per heavy atom. The molecule has 0 saturated carbocycles. The highest BCUT2D eigenvalue weighted by atomic mass is 16.2. The first-order chi connectivity index (χ1) is 8.88. The van der Waals surface area contributed by atoms with Crippen LogP contribution in [0, 0.1) is 12.3 Å². The highest BCUT2D eigenvalue weighted by Gasteiger charge is 2.29. The van der Waals surface area contributed by atoms with E-state index in [1.54, 1.807) is 0 Å². The maximum absolute atomic E-state index is 12.3. The molecule has 1 amide bonds. The summed E-state index contributed by atoms with van der Waals surface area (Å²) in [5, 5.41) is 0. The summed E-state index contributed by atoms with van der Waals surface area (Å²) in [6.45, 7) is 7.33. The van der Waals surface area contributed by atoms with E-state index in [0.717, 1.165) is 19.4 Å². The number of rotatable bonds is 6. The first-order valence-corrected chi connectivity index (χ1v) is 6.88. The van der Waals surface area contributed by atoms with Gasteiger partial charge in [-0.05, 0) is 37.4 Å². The second-order valence-electron chi connectivity index (χ2n) is 5.83. The van der Waals surface area contributed by atoms with Crippen LogP contribution in [0.4, 0.5) is 0 Å². The Kier molecular flexibility index (Phi) is 5.55. The number of amides is 1. The van der Waals surface area contributed by atoms with Crippen LogP contribution in [0.25, 0.3) is 0 Å². The molecule has 0 radical (unpaired) electrons. The van der Waals surface area contributed by atoms with E-state index >= 15 is 0 Å². The van der Waals surface area contributed by atoms with Gasteiger partial charge in [0.2, 0.25) is 5.91 Å². The Morgan fingerprint density at radius 2 is 1.95 bits per heavy atom. The summed E-state index contributed by atoms with van der Waals surface area (Å²) in [7, 11) is 1.87. The number of benzene rings is 1. The van der Waals surface area contributed by atoms with E-state index in [0.29, 0.717) is 6.54 Å². The van der Waals surface area contributed by atoms with Crippen LogP contribution in [0.15, 0.2) is 24.3 Å². The van der Waals surface area contributed by atoms with Gasteiger partial charge in [0.05, 0.1) is 0 Å². The Bertz CT molecular complexity index is 427. The van der Waals surface area contributed by atoms with Gasteiger partial charge in [-0.25, -0.2) is 0 Å². The molecule has 0 bridgehead atoms. The standard InChI is InChI=1S/C16H26N2O/c1-13-7-5-6-8-14(13)9-12-18(4)15(19)16(2,3)10-11-17/h5-8H,9-12,17H2,1-4H3. The predicted octanol–water partition coefficient (Wildman–Crippen LogP) is 2.37. The normalized spacial score (nSPS) is 11.4. The number of hydrogen-bond acceptors (Lipinski definition) is 2. The number of hydrogen-bond donors (Lipinski definition) is 1. The molecule has 1 rings (SSSR count). The van der Waals surface area contributed by atoms with Crippen molar-refractivity contribution in [2.75, 3.05) is 20.1 Å². The molecule has 0 saturated heterocycles. The lowest BCUT2D eigenvalue weighted by atomic mass is 9.87. The number of aryl methyl sites for hydroxylation is 1. The van der Waals surface area contributed by atoms with Crippen molar-refractivity contribution >= 4 is 5.91 Å². The minimum absolute atomic E-state index is 0.173. The van der Waals surface area contributed by atoms with Crippen molar-refractivity contribution in [1.82, 2.24) is 4.90 Å². The van der Waals surface area contributed by atoms with Gasteiger partial charge >= 0.3 is 0 Å². The molecule has 106 valence electrons. The third-order valence-electron chi connectivity index (χ3n) is 3.67. The van der Waals surface area contributed by atoms with Crippen LogP contribution in [-0.4, -0.2) is 30.9 Å². The van der Waals surface area contributed by atoms with Crippen LogP contribution in [0.2, 0.25) is 0 Å². The molecular formula is C16H26N2O. The lowest BCUT2D eigenvalue weighted by molar-refractivity contribution is -0.139. The van der Waals surface area contributed by atoms with Crippen LogP contribution in [-0.2, 0) is 11.2 Å². The van der Waals surface area contributed by atoms with E-state index in [1.165, 1.54) is 11.1 Å². The summed E-state index contributed by atoms with van der Waals surface area (Å²) in [6.07, 6.45) is 1.62. The number of carbonyl (C=O) groups is 1. The van der Waals surface area contributed by atoms with Gasteiger partial charge in [-0.1, -0.05) is 38.1 Å². The lowest BCUT2D eigenvalue weighted by Crippen LogP contribution is -2.40. The molecule has 3 heteroatoms. The van der Waals surface area contributed by atoms with Crippen molar-refractivity contribution < 1.29 is 4.79 Å². The Balaban J connectivity index is 2.58. The summed E-state index contributed by atoms with van der Waals surface area (Å²) in [5.74, 6) is 0.173. The number of carbonyl (C=O) groups excluding carboxylic acids is 1. The summed E-state index contributed by atoms with van der Waals surface area (Å²) in [6, 6.07) is 8.31. The van der Waals surface area contributed by atoms with Crippen molar-refractivity contribution in [2.24, 2.45) is 11.1 Å². The molecule has 0 fully saturated rings. The molecule has 0 aromatic heterocycles. The smallest absolute Gasteiger partial charge is 0.228 e. The SMILES string of the molecule is Cc1ccccc1CCN(C)C(=O)C(C)(C)CCN. The molecule has 0 aliphatic rings. The highest BCUT2D eigenvalue weighted by molar-refractivity contribution is 5.81. The number of nitrogens with two attached hydrogens (primary N) is 1. The molecule has 1 aromatic rings. The van der Waals surface area contributed by atoms with Gasteiger partial charge in [0.25, 0.3) is 0 Å². The van der Waals surface area contributed by atoms with Crippen LogP contribution in [0.5, 0.6) is 0 Å². The van der Waals surface area contributed by atoms with Crippen molar-refractivity contribution in [3.05, 3.63) is 35.4 Å². The zero-order chi connectivity index (χ0) is 14.5. The highest BCUT2D eigenvalue weighted by Crippen LogP contribution is 2.22. The van der Waals surface area contributed by atoms with Crippen LogP contribution >= 0.6 is 0 Å². The predicted molar refractivity (Wildman–Crippen MR) is 80.0 cm³/mol.